The summed E-state index contributed by atoms with van der Waals surface area (Å²) in [6.07, 6.45) is 0.402. The SMILES string of the molecule is CN=C(NCCc1ccc(F)cc1F)Nc1ccc(OC)c(OC)c1.I. The van der Waals surface area contributed by atoms with Crippen LogP contribution in [0.25, 0.3) is 0 Å². The van der Waals surface area contributed by atoms with Crippen molar-refractivity contribution >= 4 is 35.6 Å². The Morgan fingerprint density at radius 2 is 1.77 bits per heavy atom. The number of nitrogens with one attached hydrogen (secondary N) is 2. The number of rotatable bonds is 6. The first kappa shape index (κ1) is 21.9. The monoisotopic (exact) mass is 477 g/mol. The van der Waals surface area contributed by atoms with Crippen LogP contribution in [0.1, 0.15) is 5.56 Å². The van der Waals surface area contributed by atoms with Crippen LogP contribution in [0.3, 0.4) is 0 Å². The Balaban J connectivity index is 0.00000338. The van der Waals surface area contributed by atoms with E-state index in [2.05, 4.69) is 15.6 Å². The molecule has 0 saturated carbocycles. The number of halogens is 3. The third-order valence-corrected chi connectivity index (χ3v) is 3.57. The second kappa shape index (κ2) is 10.8. The minimum Gasteiger partial charge on any atom is -0.493 e. The van der Waals surface area contributed by atoms with E-state index in [0.717, 1.165) is 11.8 Å². The number of hydrogen-bond donors (Lipinski definition) is 2. The van der Waals surface area contributed by atoms with Crippen molar-refractivity contribution in [2.45, 2.75) is 6.42 Å². The Labute approximate surface area is 168 Å². The van der Waals surface area contributed by atoms with E-state index in [-0.39, 0.29) is 24.0 Å². The average Bonchev–Trinajstić information content (AvgIpc) is 2.62. The number of nitrogens with zero attached hydrogens (tertiary/aromatic N) is 1. The molecule has 8 heteroatoms. The molecule has 0 aliphatic rings. The molecular formula is C18H22F2IN3O2. The van der Waals surface area contributed by atoms with Crippen LogP contribution in [0.5, 0.6) is 11.5 Å². The molecule has 0 saturated heterocycles. The zero-order chi connectivity index (χ0) is 18.2. The summed E-state index contributed by atoms with van der Waals surface area (Å²) in [7, 11) is 4.76. The highest BCUT2D eigenvalue weighted by Gasteiger charge is 2.07. The van der Waals surface area contributed by atoms with Gasteiger partial charge in [0.15, 0.2) is 17.5 Å². The van der Waals surface area contributed by atoms with Crippen LogP contribution in [0.2, 0.25) is 0 Å². The minimum atomic E-state index is -0.583. The highest BCUT2D eigenvalue weighted by Crippen LogP contribution is 2.29. The van der Waals surface area contributed by atoms with Crippen molar-refractivity contribution in [3.8, 4) is 11.5 Å². The van der Waals surface area contributed by atoms with Gasteiger partial charge in [-0.25, -0.2) is 8.78 Å². The third kappa shape index (κ3) is 6.01. The molecule has 0 aromatic heterocycles. The molecule has 0 atom stereocenters. The van der Waals surface area contributed by atoms with Gasteiger partial charge >= 0.3 is 0 Å². The van der Waals surface area contributed by atoms with Crippen LogP contribution in [0.15, 0.2) is 41.4 Å². The van der Waals surface area contributed by atoms with Crippen LogP contribution < -0.4 is 20.1 Å². The van der Waals surface area contributed by atoms with Gasteiger partial charge in [-0.15, -0.1) is 24.0 Å². The molecule has 0 amide bonds. The van der Waals surface area contributed by atoms with Crippen LogP contribution in [-0.2, 0) is 6.42 Å². The van der Waals surface area contributed by atoms with Crippen LogP contribution in [0, 0.1) is 11.6 Å². The van der Waals surface area contributed by atoms with Crippen molar-refractivity contribution in [1.29, 1.82) is 0 Å². The number of methoxy groups -OCH3 is 2. The zero-order valence-corrected chi connectivity index (χ0v) is 17.1. The number of benzene rings is 2. The Morgan fingerprint density at radius 1 is 1.04 bits per heavy atom. The van der Waals surface area contributed by atoms with Crippen LogP contribution >= 0.6 is 24.0 Å². The van der Waals surface area contributed by atoms with E-state index in [1.54, 1.807) is 33.4 Å². The molecular weight excluding hydrogens is 455 g/mol. The molecule has 0 heterocycles. The summed E-state index contributed by atoms with van der Waals surface area (Å²) < 4.78 is 37.0. The number of ether oxygens (including phenoxy) is 2. The molecule has 0 aliphatic heterocycles. The molecule has 0 spiro atoms. The highest BCUT2D eigenvalue weighted by atomic mass is 127. The molecule has 26 heavy (non-hydrogen) atoms. The summed E-state index contributed by atoms with van der Waals surface area (Å²) in [4.78, 5) is 4.12. The summed E-state index contributed by atoms with van der Waals surface area (Å²) in [6, 6.07) is 8.96. The van der Waals surface area contributed by atoms with Crippen LogP contribution in [0.4, 0.5) is 14.5 Å². The Morgan fingerprint density at radius 3 is 2.38 bits per heavy atom. The lowest BCUT2D eigenvalue weighted by molar-refractivity contribution is 0.355. The van der Waals surface area contributed by atoms with Crippen molar-refractivity contribution in [1.82, 2.24) is 5.32 Å². The first-order valence-electron chi connectivity index (χ1n) is 7.71. The standard InChI is InChI=1S/C18H21F2N3O2.HI/c1-21-18(22-9-8-12-4-5-13(19)10-15(12)20)23-14-6-7-16(24-2)17(11-14)25-3;/h4-7,10-11H,8-9H2,1-3H3,(H2,21,22,23);1H. The molecule has 2 aromatic rings. The summed E-state index contributed by atoms with van der Waals surface area (Å²) in [5.41, 5.74) is 1.20. The van der Waals surface area contributed by atoms with E-state index in [0.29, 0.717) is 36.0 Å². The molecule has 0 aliphatic carbocycles. The van der Waals surface area contributed by atoms with E-state index in [9.17, 15) is 8.78 Å². The molecule has 2 aromatic carbocycles. The Bertz CT molecular complexity index is 757. The fourth-order valence-electron chi connectivity index (χ4n) is 2.27. The van der Waals surface area contributed by atoms with Gasteiger partial charge in [0.1, 0.15) is 11.6 Å². The number of guanidine groups is 1. The molecule has 0 bridgehead atoms. The molecule has 5 nitrogen and oxygen atoms in total. The van der Waals surface area contributed by atoms with E-state index in [1.807, 2.05) is 6.07 Å². The minimum absolute atomic E-state index is 0. The number of aliphatic imine (C=N–C) groups is 1. The average molecular weight is 477 g/mol. The van der Waals surface area contributed by atoms with Gasteiger partial charge in [-0.2, -0.15) is 0 Å². The van der Waals surface area contributed by atoms with Crippen molar-refractivity contribution in [3.05, 3.63) is 53.6 Å². The van der Waals surface area contributed by atoms with Gasteiger partial charge in [0.2, 0.25) is 0 Å². The predicted octanol–water partition coefficient (Wildman–Crippen LogP) is 3.83. The quantitative estimate of drug-likeness (QED) is 0.378. The van der Waals surface area contributed by atoms with E-state index < -0.39 is 11.6 Å². The third-order valence-electron chi connectivity index (χ3n) is 3.57. The molecule has 0 fully saturated rings. The molecule has 142 valence electrons. The normalized spacial score (nSPS) is 10.7. The number of hydrogen-bond acceptors (Lipinski definition) is 3. The van der Waals surface area contributed by atoms with Gasteiger partial charge in [0.25, 0.3) is 0 Å². The second-order valence-electron chi connectivity index (χ2n) is 5.18. The summed E-state index contributed by atoms with van der Waals surface area (Å²) in [5.74, 6) is 0.610. The largest absolute Gasteiger partial charge is 0.493 e. The second-order valence-corrected chi connectivity index (χ2v) is 5.18. The Kier molecular flexibility index (Phi) is 9.11. The van der Waals surface area contributed by atoms with Gasteiger partial charge in [-0.3, -0.25) is 4.99 Å². The lowest BCUT2D eigenvalue weighted by Crippen LogP contribution is -2.32. The lowest BCUT2D eigenvalue weighted by Gasteiger charge is -2.14. The van der Waals surface area contributed by atoms with E-state index in [4.69, 9.17) is 9.47 Å². The molecule has 2 N–H and O–H groups in total. The highest BCUT2D eigenvalue weighted by molar-refractivity contribution is 14.0. The Hall–Kier alpha value is -2.10. The maximum atomic E-state index is 13.6. The van der Waals surface area contributed by atoms with E-state index >= 15 is 0 Å². The van der Waals surface area contributed by atoms with Crippen molar-refractivity contribution in [3.63, 3.8) is 0 Å². The van der Waals surface area contributed by atoms with Gasteiger partial charge in [-0.1, -0.05) is 6.07 Å². The first-order valence-corrected chi connectivity index (χ1v) is 7.71. The fourth-order valence-corrected chi connectivity index (χ4v) is 2.27. The predicted molar refractivity (Wildman–Crippen MR) is 110 cm³/mol. The van der Waals surface area contributed by atoms with Gasteiger partial charge in [-0.05, 0) is 30.2 Å². The topological polar surface area (TPSA) is 54.9 Å². The first-order chi connectivity index (χ1) is 12.1. The molecule has 2 rings (SSSR count). The van der Waals surface area contributed by atoms with Gasteiger partial charge in [0.05, 0.1) is 14.2 Å². The van der Waals surface area contributed by atoms with Gasteiger partial charge in [0, 0.05) is 31.4 Å². The summed E-state index contributed by atoms with van der Waals surface area (Å²) in [6.45, 7) is 0.440. The number of anilines is 1. The summed E-state index contributed by atoms with van der Waals surface area (Å²) in [5, 5.41) is 6.19. The lowest BCUT2D eigenvalue weighted by atomic mass is 10.1. The summed E-state index contributed by atoms with van der Waals surface area (Å²) >= 11 is 0. The van der Waals surface area contributed by atoms with Crippen molar-refractivity contribution < 1.29 is 18.3 Å². The maximum Gasteiger partial charge on any atom is 0.195 e. The molecule has 0 unspecified atom stereocenters. The molecule has 0 radical (unpaired) electrons. The zero-order valence-electron chi connectivity index (χ0n) is 14.8. The van der Waals surface area contributed by atoms with Crippen LogP contribution in [-0.4, -0.2) is 33.8 Å². The van der Waals surface area contributed by atoms with Crippen molar-refractivity contribution in [2.75, 3.05) is 33.1 Å². The van der Waals surface area contributed by atoms with E-state index in [1.165, 1.54) is 12.1 Å². The fraction of sp³-hybridized carbons (Fsp3) is 0.278. The van der Waals surface area contributed by atoms with Crippen molar-refractivity contribution in [2.24, 2.45) is 4.99 Å². The smallest absolute Gasteiger partial charge is 0.195 e. The van der Waals surface area contributed by atoms with Gasteiger partial charge < -0.3 is 20.1 Å². The maximum absolute atomic E-state index is 13.6.